The maximum atomic E-state index is 5.70. The molecule has 116 valence electrons. The summed E-state index contributed by atoms with van der Waals surface area (Å²) in [5.41, 5.74) is 1.27. The molecule has 0 amide bonds. The largest absolute Gasteiger partial charge is 0.486 e. The van der Waals surface area contributed by atoms with Gasteiger partial charge in [-0.15, -0.1) is 5.10 Å². The van der Waals surface area contributed by atoms with Crippen LogP contribution in [0.1, 0.15) is 30.3 Å². The number of nitrogens with zero attached hydrogens (tertiary/aromatic N) is 5. The van der Waals surface area contributed by atoms with E-state index in [-0.39, 0.29) is 0 Å². The number of fused-ring (bicyclic) bond motifs is 1. The highest BCUT2D eigenvalue weighted by atomic mass is 16.6. The molecule has 0 N–H and O–H groups in total. The molecule has 22 heavy (non-hydrogen) atoms. The first-order valence-electron chi connectivity index (χ1n) is 7.66. The van der Waals surface area contributed by atoms with Crippen molar-refractivity contribution in [2.45, 2.75) is 25.4 Å². The van der Waals surface area contributed by atoms with E-state index in [1.807, 2.05) is 13.1 Å². The van der Waals surface area contributed by atoms with Gasteiger partial charge in [0.15, 0.2) is 17.3 Å². The Hall–Kier alpha value is -2.15. The lowest BCUT2D eigenvalue weighted by molar-refractivity contribution is 0.170. The molecule has 7 heteroatoms. The zero-order chi connectivity index (χ0) is 14.9. The molecule has 0 radical (unpaired) electrons. The Balaban J connectivity index is 1.57. The second-order valence-electron chi connectivity index (χ2n) is 5.75. The average Bonchev–Trinajstić information content (AvgIpc) is 3.17. The molecule has 1 fully saturated rings. The summed E-state index contributed by atoms with van der Waals surface area (Å²) < 4.78 is 13.0. The van der Waals surface area contributed by atoms with Crippen molar-refractivity contribution in [2.24, 2.45) is 7.05 Å². The summed E-state index contributed by atoms with van der Waals surface area (Å²) in [5.74, 6) is 2.59. The topological polar surface area (TPSA) is 65.3 Å². The van der Waals surface area contributed by atoms with Crippen molar-refractivity contribution in [2.75, 3.05) is 19.8 Å². The van der Waals surface area contributed by atoms with Crippen molar-refractivity contribution in [1.82, 2.24) is 25.1 Å². The summed E-state index contributed by atoms with van der Waals surface area (Å²) >= 11 is 0. The van der Waals surface area contributed by atoms with Crippen LogP contribution in [0, 0.1) is 0 Å². The van der Waals surface area contributed by atoms with Gasteiger partial charge in [0.25, 0.3) is 0 Å². The maximum absolute atomic E-state index is 5.70. The summed E-state index contributed by atoms with van der Waals surface area (Å²) in [6, 6.07) is 6.66. The Labute approximate surface area is 128 Å². The van der Waals surface area contributed by atoms with E-state index in [1.54, 1.807) is 4.68 Å². The Bertz CT molecular complexity index is 672. The van der Waals surface area contributed by atoms with Crippen molar-refractivity contribution in [1.29, 1.82) is 0 Å². The molecule has 2 aromatic rings. The molecular weight excluding hydrogens is 282 g/mol. The lowest BCUT2D eigenvalue weighted by atomic mass is 10.0. The van der Waals surface area contributed by atoms with E-state index in [0.717, 1.165) is 36.8 Å². The second kappa shape index (κ2) is 5.57. The third-order valence-corrected chi connectivity index (χ3v) is 4.37. The van der Waals surface area contributed by atoms with Gasteiger partial charge in [0.2, 0.25) is 0 Å². The van der Waals surface area contributed by atoms with E-state index in [4.69, 9.17) is 9.47 Å². The van der Waals surface area contributed by atoms with E-state index >= 15 is 0 Å². The zero-order valence-electron chi connectivity index (χ0n) is 12.6. The lowest BCUT2D eigenvalue weighted by Crippen LogP contribution is -2.25. The average molecular weight is 301 g/mol. The van der Waals surface area contributed by atoms with Crippen LogP contribution >= 0.6 is 0 Å². The fourth-order valence-electron chi connectivity index (χ4n) is 3.22. The molecule has 2 aliphatic rings. The predicted molar refractivity (Wildman–Crippen MR) is 78.6 cm³/mol. The van der Waals surface area contributed by atoms with E-state index in [2.05, 4.69) is 32.6 Å². The molecule has 0 aliphatic carbocycles. The van der Waals surface area contributed by atoms with Crippen molar-refractivity contribution in [3.05, 3.63) is 29.6 Å². The molecule has 4 rings (SSSR count). The Kier molecular flexibility index (Phi) is 3.42. The van der Waals surface area contributed by atoms with Gasteiger partial charge < -0.3 is 9.47 Å². The molecule has 1 atom stereocenters. The summed E-state index contributed by atoms with van der Waals surface area (Å²) in [4.78, 5) is 2.43. The van der Waals surface area contributed by atoms with Crippen LogP contribution in [0.4, 0.5) is 0 Å². The van der Waals surface area contributed by atoms with Gasteiger partial charge in [-0.2, -0.15) is 0 Å². The van der Waals surface area contributed by atoms with Gasteiger partial charge in [-0.05, 0) is 47.5 Å². The van der Waals surface area contributed by atoms with E-state index in [9.17, 15) is 0 Å². The van der Waals surface area contributed by atoms with Crippen LogP contribution in [0.15, 0.2) is 18.2 Å². The van der Waals surface area contributed by atoms with Gasteiger partial charge in [0, 0.05) is 13.1 Å². The van der Waals surface area contributed by atoms with Gasteiger partial charge in [-0.25, -0.2) is 4.68 Å². The first kappa shape index (κ1) is 13.5. The summed E-state index contributed by atoms with van der Waals surface area (Å²) in [6.07, 6.45) is 2.33. The minimum absolute atomic E-state index is 0.382. The zero-order valence-corrected chi connectivity index (χ0v) is 12.6. The van der Waals surface area contributed by atoms with Crippen LogP contribution < -0.4 is 9.47 Å². The van der Waals surface area contributed by atoms with Gasteiger partial charge in [-0.1, -0.05) is 6.07 Å². The Morgan fingerprint density at radius 3 is 2.91 bits per heavy atom. The van der Waals surface area contributed by atoms with Crippen LogP contribution in [0.5, 0.6) is 11.5 Å². The van der Waals surface area contributed by atoms with E-state index < -0.39 is 0 Å². The number of hydrogen-bond donors (Lipinski definition) is 0. The number of hydrogen-bond acceptors (Lipinski definition) is 6. The fourth-order valence-corrected chi connectivity index (χ4v) is 3.22. The molecule has 1 unspecified atom stereocenters. The maximum Gasteiger partial charge on any atom is 0.165 e. The molecule has 3 heterocycles. The third kappa shape index (κ3) is 2.41. The molecule has 0 saturated carbocycles. The molecule has 0 spiro atoms. The van der Waals surface area contributed by atoms with Gasteiger partial charge >= 0.3 is 0 Å². The van der Waals surface area contributed by atoms with E-state index in [0.29, 0.717) is 19.3 Å². The van der Waals surface area contributed by atoms with Crippen molar-refractivity contribution < 1.29 is 9.47 Å². The molecule has 1 aromatic carbocycles. The van der Waals surface area contributed by atoms with Gasteiger partial charge in [0.05, 0.1) is 6.54 Å². The quantitative estimate of drug-likeness (QED) is 0.852. The smallest absolute Gasteiger partial charge is 0.165 e. The summed E-state index contributed by atoms with van der Waals surface area (Å²) in [6.45, 7) is 3.07. The molecule has 0 bridgehead atoms. The number of ether oxygens (including phenoxy) is 2. The molecule has 7 nitrogen and oxygen atoms in total. The predicted octanol–water partition coefficient (Wildman–Crippen LogP) is 1.32. The van der Waals surface area contributed by atoms with E-state index in [1.165, 1.54) is 12.0 Å². The number of benzene rings is 1. The molecular formula is C15H19N5O2. The highest BCUT2D eigenvalue weighted by molar-refractivity contribution is 5.44. The van der Waals surface area contributed by atoms with Crippen LogP contribution in [-0.2, 0) is 13.6 Å². The van der Waals surface area contributed by atoms with Crippen molar-refractivity contribution in [3.63, 3.8) is 0 Å². The van der Waals surface area contributed by atoms with Crippen LogP contribution in [-0.4, -0.2) is 44.9 Å². The standard InChI is InChI=1S/C15H19N5O2/c1-19-15(16-17-18-19)10-20-6-2-3-12(20)11-4-5-13-14(9-11)22-8-7-21-13/h4-5,9,12H,2-3,6-8,10H2,1H3. The number of rotatable bonds is 3. The number of aryl methyl sites for hydroxylation is 1. The van der Waals surface area contributed by atoms with Crippen LogP contribution in [0.3, 0.4) is 0 Å². The first-order valence-corrected chi connectivity index (χ1v) is 7.66. The van der Waals surface area contributed by atoms with Crippen molar-refractivity contribution in [3.8, 4) is 11.5 Å². The van der Waals surface area contributed by atoms with Crippen LogP contribution in [0.25, 0.3) is 0 Å². The first-order chi connectivity index (χ1) is 10.8. The third-order valence-electron chi connectivity index (χ3n) is 4.37. The minimum Gasteiger partial charge on any atom is -0.486 e. The van der Waals surface area contributed by atoms with Crippen LogP contribution in [0.2, 0.25) is 0 Å². The SMILES string of the molecule is Cn1nnnc1CN1CCCC1c1ccc2c(c1)OCCO2. The fraction of sp³-hybridized carbons (Fsp3) is 0.533. The van der Waals surface area contributed by atoms with Gasteiger partial charge in [-0.3, -0.25) is 4.90 Å². The summed E-state index contributed by atoms with van der Waals surface area (Å²) in [5, 5.41) is 11.7. The highest BCUT2D eigenvalue weighted by Crippen LogP contribution is 2.38. The summed E-state index contributed by atoms with van der Waals surface area (Å²) in [7, 11) is 1.88. The van der Waals surface area contributed by atoms with Gasteiger partial charge in [0.1, 0.15) is 13.2 Å². The molecule has 1 aromatic heterocycles. The van der Waals surface area contributed by atoms with Crippen molar-refractivity contribution >= 4 is 0 Å². The minimum atomic E-state index is 0.382. The Morgan fingerprint density at radius 1 is 1.23 bits per heavy atom. The highest BCUT2D eigenvalue weighted by Gasteiger charge is 2.28. The Morgan fingerprint density at radius 2 is 2.09 bits per heavy atom. The number of aromatic nitrogens is 4. The number of likely N-dealkylation sites (tertiary alicyclic amines) is 1. The molecule has 1 saturated heterocycles. The number of tetrazole rings is 1. The lowest BCUT2D eigenvalue weighted by Gasteiger charge is -2.26. The second-order valence-corrected chi connectivity index (χ2v) is 5.75. The molecule has 2 aliphatic heterocycles. The monoisotopic (exact) mass is 301 g/mol. The normalized spacial score (nSPS) is 21.2.